The molecule has 0 spiro atoms. The molecule has 9 heavy (non-hydrogen) atoms. The van der Waals surface area contributed by atoms with Gasteiger partial charge in [-0.25, -0.2) is 0 Å². The average Bonchev–Trinajstić information content (AvgIpc) is 2.00. The zero-order valence-corrected chi connectivity index (χ0v) is 6.44. The molecule has 0 amide bonds. The van der Waals surface area contributed by atoms with Gasteiger partial charge in [0, 0.05) is 0 Å². The molecular weight excluding hydrogens is 155 g/mol. The van der Waals surface area contributed by atoms with Crippen LogP contribution in [0.5, 0.6) is 0 Å². The minimum absolute atomic E-state index is 1.26. The summed E-state index contributed by atoms with van der Waals surface area (Å²) in [5.74, 6) is 0. The van der Waals surface area contributed by atoms with Gasteiger partial charge in [-0.2, -0.15) is 0 Å². The Kier molecular flexibility index (Phi) is 3.79. The number of hydrogen-bond donors (Lipinski definition) is 0. The van der Waals surface area contributed by atoms with Crippen LogP contribution in [-0.4, -0.2) is 0 Å². The van der Waals surface area contributed by atoms with Crippen molar-refractivity contribution in [1.82, 2.24) is 0 Å². The van der Waals surface area contributed by atoms with Crippen LogP contribution in [0.25, 0.3) is 0 Å². The molecule has 0 fully saturated rings. The standard InChI is InChI=1S/C8H12.Ni/c1-3-5-7-8-6-4-2;/h1,3,5,7H,2,4,6,8H2;/b3-1?,7-5-;. The van der Waals surface area contributed by atoms with Crippen molar-refractivity contribution in [1.29, 1.82) is 0 Å². The number of hydrogen-bond acceptors (Lipinski definition) is 0. The van der Waals surface area contributed by atoms with E-state index in [2.05, 4.69) is 23.3 Å². The van der Waals surface area contributed by atoms with Gasteiger partial charge in [0.25, 0.3) is 0 Å². The van der Waals surface area contributed by atoms with E-state index in [0.717, 1.165) is 0 Å². The van der Waals surface area contributed by atoms with Crippen LogP contribution in [-0.2, 0) is 14.4 Å². The first-order valence-electron chi connectivity index (χ1n) is 3.31. The van der Waals surface area contributed by atoms with Gasteiger partial charge in [0.15, 0.2) is 0 Å². The van der Waals surface area contributed by atoms with Crippen LogP contribution in [0.3, 0.4) is 0 Å². The fourth-order valence-electron chi connectivity index (χ4n) is 0.711. The van der Waals surface area contributed by atoms with Gasteiger partial charge in [0.1, 0.15) is 0 Å². The van der Waals surface area contributed by atoms with Crippen molar-refractivity contribution < 1.29 is 14.4 Å². The predicted molar refractivity (Wildman–Crippen MR) is 36.9 cm³/mol. The van der Waals surface area contributed by atoms with Crippen molar-refractivity contribution in [2.24, 2.45) is 0 Å². The summed E-state index contributed by atoms with van der Waals surface area (Å²) in [7, 11) is 0. The van der Waals surface area contributed by atoms with Crippen LogP contribution in [0.1, 0.15) is 19.3 Å². The molecule has 0 aromatic rings. The van der Waals surface area contributed by atoms with Crippen LogP contribution >= 0.6 is 0 Å². The molecule has 0 saturated carbocycles. The molecule has 0 saturated heterocycles. The summed E-state index contributed by atoms with van der Waals surface area (Å²) < 4.78 is 0. The van der Waals surface area contributed by atoms with E-state index in [1.54, 1.807) is 14.4 Å². The predicted octanol–water partition coefficient (Wildman–Crippen LogP) is 2.74. The van der Waals surface area contributed by atoms with Gasteiger partial charge in [-0.05, 0) is 0 Å². The normalized spacial score (nSPS) is 28.4. The molecule has 0 aromatic heterocycles. The molecule has 54 valence electrons. The summed E-state index contributed by atoms with van der Waals surface area (Å²) in [6, 6.07) is 0. The summed E-state index contributed by atoms with van der Waals surface area (Å²) in [5.41, 5.74) is 0. The molecule has 0 nitrogen and oxygen atoms in total. The molecule has 0 aromatic carbocycles. The second-order valence-electron chi connectivity index (χ2n) is 2.01. The fourth-order valence-corrected chi connectivity index (χ4v) is 1.57. The number of rotatable bonds is 0. The zero-order chi connectivity index (χ0) is 6.36. The molecule has 0 unspecified atom stereocenters. The average molecular weight is 167 g/mol. The van der Waals surface area contributed by atoms with E-state index < -0.39 is 0 Å². The maximum absolute atomic E-state index is 2.24. The van der Waals surface area contributed by atoms with E-state index >= 15 is 0 Å². The van der Waals surface area contributed by atoms with Crippen molar-refractivity contribution in [2.45, 2.75) is 24.7 Å². The van der Waals surface area contributed by atoms with Crippen LogP contribution in [0.4, 0.5) is 0 Å². The van der Waals surface area contributed by atoms with Crippen LogP contribution in [0, 0.1) is 0 Å². The van der Waals surface area contributed by atoms with E-state index in [-0.39, 0.29) is 0 Å². The first-order valence-corrected chi connectivity index (χ1v) is 4.58. The zero-order valence-electron chi connectivity index (χ0n) is 5.45. The molecule has 0 atom stereocenters. The van der Waals surface area contributed by atoms with Crippen molar-refractivity contribution in [3.63, 3.8) is 0 Å². The van der Waals surface area contributed by atoms with E-state index in [9.17, 15) is 0 Å². The van der Waals surface area contributed by atoms with Gasteiger partial charge in [0.05, 0.1) is 0 Å². The summed E-state index contributed by atoms with van der Waals surface area (Å²) in [4.78, 5) is 0. The SMILES string of the molecule is C1=C\CCC[CH2][Ni]\[CH]=C/1. The Hall–Kier alpha value is -0.0265. The first-order chi connectivity index (χ1) is 4.50. The van der Waals surface area contributed by atoms with E-state index in [4.69, 9.17) is 0 Å². The Morgan fingerprint density at radius 1 is 1.11 bits per heavy atom. The molecule has 0 radical (unpaired) electrons. The Morgan fingerprint density at radius 3 is 3.11 bits per heavy atom. The van der Waals surface area contributed by atoms with E-state index in [1.165, 1.54) is 24.7 Å². The third kappa shape index (κ3) is 3.53. The molecule has 0 aliphatic carbocycles. The topological polar surface area (TPSA) is 0 Å². The van der Waals surface area contributed by atoms with Gasteiger partial charge in [0.2, 0.25) is 0 Å². The van der Waals surface area contributed by atoms with Gasteiger partial charge in [-0.1, -0.05) is 0 Å². The van der Waals surface area contributed by atoms with E-state index in [0.29, 0.717) is 0 Å². The Labute approximate surface area is 62.8 Å². The first kappa shape index (κ1) is 7.08. The summed E-state index contributed by atoms with van der Waals surface area (Å²) >= 11 is 1.75. The van der Waals surface area contributed by atoms with Crippen LogP contribution < -0.4 is 0 Å². The molecule has 1 heterocycles. The third-order valence-corrected chi connectivity index (χ3v) is 2.26. The fraction of sp³-hybridized carbons (Fsp3) is 0.500. The van der Waals surface area contributed by atoms with Crippen LogP contribution in [0.15, 0.2) is 23.3 Å². The molecule has 1 aliphatic heterocycles. The molecule has 1 rings (SSSR count). The third-order valence-electron chi connectivity index (χ3n) is 1.21. The van der Waals surface area contributed by atoms with E-state index in [1.807, 2.05) is 0 Å². The summed E-state index contributed by atoms with van der Waals surface area (Å²) in [5, 5.41) is 3.50. The Bertz CT molecular complexity index is 99.7. The summed E-state index contributed by atoms with van der Waals surface area (Å²) in [6.07, 6.45) is 10.5. The monoisotopic (exact) mass is 166 g/mol. The molecule has 0 bridgehead atoms. The minimum atomic E-state index is 1.26. The van der Waals surface area contributed by atoms with Gasteiger partial charge >= 0.3 is 62.4 Å². The second-order valence-corrected chi connectivity index (χ2v) is 3.24. The van der Waals surface area contributed by atoms with Crippen LogP contribution in [0.2, 0.25) is 5.39 Å². The number of allylic oxidation sites excluding steroid dienone is 3. The van der Waals surface area contributed by atoms with Crippen molar-refractivity contribution >= 4 is 0 Å². The molecule has 0 N–H and O–H groups in total. The Morgan fingerprint density at radius 2 is 2.11 bits per heavy atom. The molecule has 1 aliphatic rings. The Balaban J connectivity index is 2.28. The van der Waals surface area contributed by atoms with Gasteiger partial charge in [-0.15, -0.1) is 0 Å². The van der Waals surface area contributed by atoms with Gasteiger partial charge in [-0.3, -0.25) is 0 Å². The van der Waals surface area contributed by atoms with Gasteiger partial charge < -0.3 is 0 Å². The summed E-state index contributed by atoms with van der Waals surface area (Å²) in [6.45, 7) is 0. The van der Waals surface area contributed by atoms with Crippen molar-refractivity contribution in [2.75, 3.05) is 0 Å². The maximum atomic E-state index is 2.24. The quantitative estimate of drug-likeness (QED) is 0.486. The second kappa shape index (κ2) is 4.82. The molecular formula is C8H12Ni. The molecule has 1 heteroatoms. The van der Waals surface area contributed by atoms with Crippen molar-refractivity contribution in [3.8, 4) is 0 Å². The van der Waals surface area contributed by atoms with Crippen molar-refractivity contribution in [3.05, 3.63) is 23.3 Å².